The monoisotopic (exact) mass is 333 g/mol. The van der Waals surface area contributed by atoms with E-state index >= 15 is 0 Å². The lowest BCUT2D eigenvalue weighted by atomic mass is 9.93. The van der Waals surface area contributed by atoms with Crippen molar-refractivity contribution < 1.29 is 8.78 Å². The minimum absolute atomic E-state index is 0.164. The van der Waals surface area contributed by atoms with Crippen molar-refractivity contribution in [2.24, 2.45) is 5.92 Å². The molecule has 1 aromatic rings. The van der Waals surface area contributed by atoms with E-state index in [1.165, 1.54) is 12.1 Å². The van der Waals surface area contributed by atoms with Crippen LogP contribution < -0.4 is 5.32 Å². The molecule has 1 N–H and O–H groups in total. The van der Waals surface area contributed by atoms with Crippen molar-refractivity contribution in [3.63, 3.8) is 0 Å². The largest absolute Gasteiger partial charge is 0.310 e. The average Bonchev–Trinajstić information content (AvgIpc) is 2.34. The molecule has 0 bridgehead atoms. The minimum Gasteiger partial charge on any atom is -0.310 e. The third-order valence-electron chi connectivity index (χ3n) is 3.37. The van der Waals surface area contributed by atoms with E-state index in [0.717, 1.165) is 25.8 Å². The van der Waals surface area contributed by atoms with Gasteiger partial charge in [-0.25, -0.2) is 8.78 Å². The van der Waals surface area contributed by atoms with Crippen molar-refractivity contribution in [3.8, 4) is 0 Å². The van der Waals surface area contributed by atoms with Crippen LogP contribution in [0, 0.1) is 17.6 Å². The molecule has 19 heavy (non-hydrogen) atoms. The lowest BCUT2D eigenvalue weighted by Crippen LogP contribution is -2.26. The van der Waals surface area contributed by atoms with Gasteiger partial charge in [0.25, 0.3) is 0 Å². The van der Waals surface area contributed by atoms with Gasteiger partial charge in [-0.1, -0.05) is 43.1 Å². The number of benzene rings is 1. The lowest BCUT2D eigenvalue weighted by molar-refractivity contribution is 0.379. The molecule has 1 aromatic carbocycles. The van der Waals surface area contributed by atoms with Crippen LogP contribution in [-0.4, -0.2) is 6.54 Å². The standard InChI is InChI=1S/C15H22BrF2N/c1-4-6-19-14(7-10(3)5-2)15-12(17)8-11(16)9-13(15)18/h8-10,14,19H,4-7H2,1-3H3. The van der Waals surface area contributed by atoms with Crippen LogP contribution in [0.2, 0.25) is 0 Å². The molecule has 1 nitrogen and oxygen atoms in total. The maximum Gasteiger partial charge on any atom is 0.132 e. The van der Waals surface area contributed by atoms with Crippen LogP contribution in [0.4, 0.5) is 8.78 Å². The average molecular weight is 334 g/mol. The van der Waals surface area contributed by atoms with Gasteiger partial charge in [0.15, 0.2) is 0 Å². The van der Waals surface area contributed by atoms with Crippen molar-refractivity contribution in [1.29, 1.82) is 0 Å². The van der Waals surface area contributed by atoms with E-state index < -0.39 is 11.6 Å². The molecular formula is C15H22BrF2N. The van der Waals surface area contributed by atoms with E-state index in [0.29, 0.717) is 10.4 Å². The molecule has 0 aliphatic rings. The minimum atomic E-state index is -0.483. The SMILES string of the molecule is CCCNC(CC(C)CC)c1c(F)cc(Br)cc1F. The molecule has 0 radical (unpaired) electrons. The summed E-state index contributed by atoms with van der Waals surface area (Å²) in [5.41, 5.74) is 0.164. The maximum absolute atomic E-state index is 14.0. The summed E-state index contributed by atoms with van der Waals surface area (Å²) in [6.45, 7) is 7.00. The third-order valence-corrected chi connectivity index (χ3v) is 3.83. The predicted octanol–water partition coefficient (Wildman–Crippen LogP) is 5.20. The third kappa shape index (κ3) is 4.84. The first-order valence-corrected chi connectivity index (χ1v) is 7.66. The molecule has 0 spiro atoms. The Kier molecular flexibility index (Phi) is 6.94. The van der Waals surface area contributed by atoms with E-state index in [-0.39, 0.29) is 11.6 Å². The Labute approximate surface area is 122 Å². The Morgan fingerprint density at radius 1 is 1.21 bits per heavy atom. The fourth-order valence-electron chi connectivity index (χ4n) is 2.08. The number of hydrogen-bond acceptors (Lipinski definition) is 1. The molecule has 0 aromatic heterocycles. The summed E-state index contributed by atoms with van der Waals surface area (Å²) in [6.07, 6.45) is 2.69. The molecule has 2 atom stereocenters. The molecule has 0 fully saturated rings. The van der Waals surface area contributed by atoms with Gasteiger partial charge in [0.2, 0.25) is 0 Å². The van der Waals surface area contributed by atoms with Gasteiger partial charge >= 0.3 is 0 Å². The van der Waals surface area contributed by atoms with Crippen molar-refractivity contribution in [1.82, 2.24) is 5.32 Å². The van der Waals surface area contributed by atoms with Gasteiger partial charge in [-0.05, 0) is 37.4 Å². The second-order valence-corrected chi connectivity index (χ2v) is 5.95. The molecule has 0 saturated carbocycles. The summed E-state index contributed by atoms with van der Waals surface area (Å²) in [5, 5.41) is 3.26. The van der Waals surface area contributed by atoms with Crippen molar-refractivity contribution in [2.75, 3.05) is 6.54 Å². The van der Waals surface area contributed by atoms with E-state index in [9.17, 15) is 8.78 Å². The van der Waals surface area contributed by atoms with Crippen LogP contribution in [0.3, 0.4) is 0 Å². The van der Waals surface area contributed by atoms with E-state index in [4.69, 9.17) is 0 Å². The highest BCUT2D eigenvalue weighted by Gasteiger charge is 2.22. The molecule has 0 heterocycles. The van der Waals surface area contributed by atoms with E-state index in [1.54, 1.807) is 0 Å². The molecule has 0 amide bonds. The molecule has 1 rings (SSSR count). The van der Waals surface area contributed by atoms with Gasteiger partial charge in [-0.15, -0.1) is 0 Å². The van der Waals surface area contributed by atoms with Gasteiger partial charge in [0.05, 0.1) is 0 Å². The van der Waals surface area contributed by atoms with Gasteiger partial charge in [-0.3, -0.25) is 0 Å². The summed E-state index contributed by atoms with van der Waals surface area (Å²) < 4.78 is 28.5. The summed E-state index contributed by atoms with van der Waals surface area (Å²) in [7, 11) is 0. The van der Waals surface area contributed by atoms with Crippen LogP contribution in [-0.2, 0) is 0 Å². The zero-order chi connectivity index (χ0) is 14.4. The first-order valence-electron chi connectivity index (χ1n) is 6.87. The Morgan fingerprint density at radius 3 is 2.26 bits per heavy atom. The Morgan fingerprint density at radius 2 is 1.79 bits per heavy atom. The molecule has 108 valence electrons. The number of hydrogen-bond donors (Lipinski definition) is 1. The normalized spacial score (nSPS) is 14.4. The maximum atomic E-state index is 14.0. The fourth-order valence-corrected chi connectivity index (χ4v) is 2.48. The molecule has 0 saturated heterocycles. The van der Waals surface area contributed by atoms with Crippen LogP contribution in [0.5, 0.6) is 0 Å². The molecule has 0 aliphatic heterocycles. The second-order valence-electron chi connectivity index (χ2n) is 5.04. The molecule has 0 aliphatic carbocycles. The van der Waals surface area contributed by atoms with Crippen LogP contribution >= 0.6 is 15.9 Å². The Bertz CT molecular complexity index is 386. The topological polar surface area (TPSA) is 12.0 Å². The quantitative estimate of drug-likeness (QED) is 0.722. The zero-order valence-electron chi connectivity index (χ0n) is 11.8. The Balaban J connectivity index is 3.02. The smallest absolute Gasteiger partial charge is 0.132 e. The van der Waals surface area contributed by atoms with Crippen LogP contribution in [0.15, 0.2) is 16.6 Å². The van der Waals surface area contributed by atoms with Gasteiger partial charge in [0, 0.05) is 16.1 Å². The highest BCUT2D eigenvalue weighted by molar-refractivity contribution is 9.10. The highest BCUT2D eigenvalue weighted by Crippen LogP contribution is 2.29. The first-order chi connectivity index (χ1) is 8.99. The number of rotatable bonds is 7. The van der Waals surface area contributed by atoms with Crippen molar-refractivity contribution in [2.45, 2.75) is 46.1 Å². The molecule has 2 unspecified atom stereocenters. The van der Waals surface area contributed by atoms with E-state index in [1.807, 2.05) is 6.92 Å². The second kappa shape index (κ2) is 7.95. The highest BCUT2D eigenvalue weighted by atomic mass is 79.9. The predicted molar refractivity (Wildman–Crippen MR) is 79.2 cm³/mol. The molecular weight excluding hydrogens is 312 g/mol. The lowest BCUT2D eigenvalue weighted by Gasteiger charge is -2.23. The van der Waals surface area contributed by atoms with Crippen molar-refractivity contribution in [3.05, 3.63) is 33.8 Å². The number of nitrogens with one attached hydrogen (secondary N) is 1. The number of halogens is 3. The van der Waals surface area contributed by atoms with Gasteiger partial charge in [-0.2, -0.15) is 0 Å². The zero-order valence-corrected chi connectivity index (χ0v) is 13.4. The summed E-state index contributed by atoms with van der Waals surface area (Å²) in [5.74, 6) is -0.538. The van der Waals surface area contributed by atoms with Gasteiger partial charge in [0.1, 0.15) is 11.6 Å². The fraction of sp³-hybridized carbons (Fsp3) is 0.600. The molecule has 4 heteroatoms. The summed E-state index contributed by atoms with van der Waals surface area (Å²) >= 11 is 3.11. The van der Waals surface area contributed by atoms with Gasteiger partial charge < -0.3 is 5.32 Å². The summed E-state index contributed by atoms with van der Waals surface area (Å²) in [6, 6.07) is 2.40. The van der Waals surface area contributed by atoms with Crippen LogP contribution in [0.25, 0.3) is 0 Å². The first kappa shape index (κ1) is 16.6. The summed E-state index contributed by atoms with van der Waals surface area (Å²) in [4.78, 5) is 0. The van der Waals surface area contributed by atoms with E-state index in [2.05, 4.69) is 35.1 Å². The Hall–Kier alpha value is -0.480. The van der Waals surface area contributed by atoms with Crippen LogP contribution in [0.1, 0.15) is 51.6 Å². The van der Waals surface area contributed by atoms with Crippen molar-refractivity contribution >= 4 is 15.9 Å².